The van der Waals surface area contributed by atoms with Gasteiger partial charge in [0, 0.05) is 18.4 Å². The fourth-order valence-electron chi connectivity index (χ4n) is 7.91. The summed E-state index contributed by atoms with van der Waals surface area (Å²) in [5.41, 5.74) is 1.87. The summed E-state index contributed by atoms with van der Waals surface area (Å²) in [4.78, 5) is 1.64. The Morgan fingerprint density at radius 2 is 0.596 bits per heavy atom. The first-order valence-corrected chi connectivity index (χ1v) is 21.5. The van der Waals surface area contributed by atoms with E-state index in [1.165, 1.54) is 218 Å². The van der Waals surface area contributed by atoms with E-state index in [2.05, 4.69) is 58.3 Å². The summed E-state index contributed by atoms with van der Waals surface area (Å²) >= 11 is 0. The zero-order valence-corrected chi connectivity index (χ0v) is 32.9. The Bertz CT molecular complexity index is 680. The van der Waals surface area contributed by atoms with Crippen LogP contribution in [0.3, 0.4) is 0 Å². The van der Waals surface area contributed by atoms with Crippen LogP contribution in [0.1, 0.15) is 238 Å². The SMILES string of the molecule is CCCCCCCCCCCCCCCCCCC(CCCCCCCCCCCCCCCCCC)(c1ccccc1)[NH+](C)C.[OH-]. The van der Waals surface area contributed by atoms with Crippen molar-refractivity contribution < 1.29 is 10.4 Å². The van der Waals surface area contributed by atoms with E-state index in [1.54, 1.807) is 10.5 Å². The third-order valence-electron chi connectivity index (χ3n) is 11.2. The summed E-state index contributed by atoms with van der Waals surface area (Å²) < 4.78 is 0. The number of benzene rings is 1. The van der Waals surface area contributed by atoms with Gasteiger partial charge in [-0.1, -0.05) is 237 Å². The summed E-state index contributed by atoms with van der Waals surface area (Å²) in [7, 11) is 4.85. The second-order valence-corrected chi connectivity index (χ2v) is 15.6. The Labute approximate surface area is 297 Å². The lowest BCUT2D eigenvalue weighted by molar-refractivity contribution is -0.925. The first-order chi connectivity index (χ1) is 22.7. The summed E-state index contributed by atoms with van der Waals surface area (Å²) in [6, 6.07) is 11.6. The lowest BCUT2D eigenvalue weighted by Crippen LogP contribution is -3.13. The Morgan fingerprint density at radius 1 is 0.362 bits per heavy atom. The molecule has 2 N–H and O–H groups in total. The van der Waals surface area contributed by atoms with Crippen molar-refractivity contribution in [2.45, 2.75) is 238 Å². The largest absolute Gasteiger partial charge is 0.870 e. The van der Waals surface area contributed by atoms with Gasteiger partial charge in [0.2, 0.25) is 0 Å². The fraction of sp³-hybridized carbons (Fsp3) is 0.867. The Morgan fingerprint density at radius 3 is 0.830 bits per heavy atom. The Balaban J connectivity index is 0.0000212. The van der Waals surface area contributed by atoms with Crippen molar-refractivity contribution in [3.05, 3.63) is 35.9 Å². The van der Waals surface area contributed by atoms with E-state index >= 15 is 0 Å². The topological polar surface area (TPSA) is 34.4 Å². The Kier molecular flexibility index (Phi) is 34.3. The predicted molar refractivity (Wildman–Crippen MR) is 211 cm³/mol. The van der Waals surface area contributed by atoms with Gasteiger partial charge < -0.3 is 10.4 Å². The molecule has 47 heavy (non-hydrogen) atoms. The molecule has 0 spiro atoms. The zero-order valence-electron chi connectivity index (χ0n) is 32.9. The molecule has 1 aromatic carbocycles. The molecule has 2 nitrogen and oxygen atoms in total. The first kappa shape index (κ1) is 46.1. The average Bonchev–Trinajstić information content (AvgIpc) is 3.07. The van der Waals surface area contributed by atoms with Gasteiger partial charge in [-0.15, -0.1) is 0 Å². The summed E-state index contributed by atoms with van der Waals surface area (Å²) in [6.07, 6.45) is 49.0. The third-order valence-corrected chi connectivity index (χ3v) is 11.2. The zero-order chi connectivity index (χ0) is 33.2. The molecular formula is C45H87NO. The maximum Gasteiger partial charge on any atom is 0.123 e. The lowest BCUT2D eigenvalue weighted by atomic mass is 9.79. The summed E-state index contributed by atoms with van der Waals surface area (Å²) in [5, 5.41) is 0. The quantitative estimate of drug-likeness (QED) is 0.0716. The summed E-state index contributed by atoms with van der Waals surface area (Å²) in [5.74, 6) is 0. The minimum absolute atomic E-state index is 0. The minimum atomic E-state index is 0. The molecule has 0 heterocycles. The smallest absolute Gasteiger partial charge is 0.123 e. The highest BCUT2D eigenvalue weighted by molar-refractivity contribution is 5.22. The van der Waals surface area contributed by atoms with Gasteiger partial charge in [-0.2, -0.15) is 0 Å². The van der Waals surface area contributed by atoms with E-state index in [1.807, 2.05) is 0 Å². The molecule has 0 saturated carbocycles. The second-order valence-electron chi connectivity index (χ2n) is 15.6. The molecule has 0 unspecified atom stereocenters. The normalized spacial score (nSPS) is 11.8. The molecule has 0 saturated heterocycles. The van der Waals surface area contributed by atoms with Crippen LogP contribution in [0.2, 0.25) is 0 Å². The van der Waals surface area contributed by atoms with E-state index < -0.39 is 0 Å². The monoisotopic (exact) mass is 658 g/mol. The van der Waals surface area contributed by atoms with Crippen LogP contribution >= 0.6 is 0 Å². The number of hydrogen-bond donors (Lipinski definition) is 1. The van der Waals surface area contributed by atoms with Crippen molar-refractivity contribution in [3.8, 4) is 0 Å². The Hall–Kier alpha value is -0.860. The van der Waals surface area contributed by atoms with Crippen LogP contribution in [0.4, 0.5) is 0 Å². The standard InChI is InChI=1S/C45H85N.H2O/c1-5-7-9-11-13-15-17-19-21-23-25-27-29-31-33-38-42-45(46(3)4,44-40-36-35-37-41-44)43-39-34-32-30-28-26-24-22-20-18-16-14-12-10-8-6-2;/h35-37,40-41H,5-34,38-39,42-43H2,1-4H3;1H2. The van der Waals surface area contributed by atoms with Crippen LogP contribution in [-0.4, -0.2) is 19.6 Å². The van der Waals surface area contributed by atoms with Gasteiger partial charge in [0.15, 0.2) is 0 Å². The van der Waals surface area contributed by atoms with Gasteiger partial charge >= 0.3 is 0 Å². The molecule has 0 aliphatic carbocycles. The van der Waals surface area contributed by atoms with Gasteiger partial charge in [0.05, 0.1) is 14.1 Å². The fourth-order valence-corrected chi connectivity index (χ4v) is 7.91. The average molecular weight is 658 g/mol. The molecule has 1 rings (SSSR count). The molecule has 0 amide bonds. The molecule has 0 aromatic heterocycles. The number of rotatable bonds is 36. The first-order valence-electron chi connectivity index (χ1n) is 21.5. The van der Waals surface area contributed by atoms with Crippen LogP contribution in [-0.2, 0) is 5.54 Å². The van der Waals surface area contributed by atoms with E-state index in [9.17, 15) is 0 Å². The van der Waals surface area contributed by atoms with Crippen molar-refractivity contribution in [2.75, 3.05) is 14.1 Å². The maximum atomic E-state index is 2.42. The van der Waals surface area contributed by atoms with Gasteiger partial charge in [0.1, 0.15) is 5.54 Å². The van der Waals surface area contributed by atoms with E-state index in [-0.39, 0.29) is 11.0 Å². The summed E-state index contributed by atoms with van der Waals surface area (Å²) in [6.45, 7) is 4.62. The molecule has 0 aliphatic rings. The lowest BCUT2D eigenvalue weighted by Gasteiger charge is -2.38. The van der Waals surface area contributed by atoms with Crippen molar-refractivity contribution >= 4 is 0 Å². The van der Waals surface area contributed by atoms with Crippen LogP contribution in [0.25, 0.3) is 0 Å². The maximum absolute atomic E-state index is 2.42. The molecule has 2 heteroatoms. The van der Waals surface area contributed by atoms with Crippen LogP contribution in [0.15, 0.2) is 30.3 Å². The number of nitrogens with one attached hydrogen (secondary N) is 1. The number of hydrogen-bond acceptors (Lipinski definition) is 1. The van der Waals surface area contributed by atoms with Crippen LogP contribution in [0.5, 0.6) is 0 Å². The highest BCUT2D eigenvalue weighted by atomic mass is 16.0. The van der Waals surface area contributed by atoms with Gasteiger partial charge in [0.25, 0.3) is 0 Å². The molecule has 0 radical (unpaired) electrons. The second kappa shape index (κ2) is 35.0. The van der Waals surface area contributed by atoms with Crippen LogP contribution < -0.4 is 4.90 Å². The highest BCUT2D eigenvalue weighted by Crippen LogP contribution is 2.31. The highest BCUT2D eigenvalue weighted by Gasteiger charge is 2.37. The van der Waals surface area contributed by atoms with Crippen molar-refractivity contribution in [1.82, 2.24) is 0 Å². The van der Waals surface area contributed by atoms with Gasteiger partial charge in [-0.25, -0.2) is 0 Å². The molecule has 278 valence electrons. The molecule has 1 aromatic rings. The molecule has 0 fully saturated rings. The molecule has 0 atom stereocenters. The van der Waals surface area contributed by atoms with E-state index in [4.69, 9.17) is 0 Å². The molecule has 0 bridgehead atoms. The van der Waals surface area contributed by atoms with Gasteiger partial charge in [-0.3, -0.25) is 0 Å². The van der Waals surface area contributed by atoms with Gasteiger partial charge in [-0.05, 0) is 12.8 Å². The predicted octanol–water partition coefficient (Wildman–Crippen LogP) is 14.2. The van der Waals surface area contributed by atoms with E-state index in [0.29, 0.717) is 0 Å². The van der Waals surface area contributed by atoms with E-state index in [0.717, 1.165) is 0 Å². The van der Waals surface area contributed by atoms with Crippen molar-refractivity contribution in [1.29, 1.82) is 0 Å². The van der Waals surface area contributed by atoms with Crippen LogP contribution in [0, 0.1) is 0 Å². The number of quaternary nitrogens is 1. The molecular weight excluding hydrogens is 571 g/mol. The number of unbranched alkanes of at least 4 members (excludes halogenated alkanes) is 30. The third kappa shape index (κ3) is 25.7. The van der Waals surface area contributed by atoms with Crippen molar-refractivity contribution in [2.24, 2.45) is 0 Å². The molecule has 0 aliphatic heterocycles. The minimum Gasteiger partial charge on any atom is -0.870 e. The van der Waals surface area contributed by atoms with Crippen molar-refractivity contribution in [3.63, 3.8) is 0 Å².